The van der Waals surface area contributed by atoms with E-state index < -0.39 is 0 Å². The second-order valence-corrected chi connectivity index (χ2v) is 10.3. The van der Waals surface area contributed by atoms with Gasteiger partial charge in [0.25, 0.3) is 5.91 Å². The molecule has 36 heavy (non-hydrogen) atoms. The molecule has 0 radical (unpaired) electrons. The van der Waals surface area contributed by atoms with Crippen molar-refractivity contribution in [3.8, 4) is 0 Å². The Kier molecular flexibility index (Phi) is 7.21. The van der Waals surface area contributed by atoms with E-state index in [9.17, 15) is 4.79 Å². The Morgan fingerprint density at radius 2 is 1.61 bits per heavy atom. The van der Waals surface area contributed by atoms with Crippen molar-refractivity contribution in [1.29, 1.82) is 0 Å². The minimum atomic E-state index is 0.118. The number of nitrogens with zero attached hydrogens (tertiary/aromatic N) is 6. The number of rotatable bonds is 5. The minimum Gasteiger partial charge on any atom is -0.368 e. The molecule has 0 aliphatic carbocycles. The van der Waals surface area contributed by atoms with Gasteiger partial charge in [-0.3, -0.25) is 9.69 Å². The van der Waals surface area contributed by atoms with Crippen LogP contribution in [-0.4, -0.2) is 77.6 Å². The lowest BCUT2D eigenvalue weighted by Gasteiger charge is -2.36. The molecule has 2 aliphatic rings. The smallest absolute Gasteiger partial charge is 0.270 e. The Bertz CT molecular complexity index is 1220. The fourth-order valence-corrected chi connectivity index (χ4v) is 5.47. The van der Waals surface area contributed by atoms with E-state index in [1.54, 1.807) is 0 Å². The van der Waals surface area contributed by atoms with Crippen LogP contribution in [0.1, 0.15) is 27.3 Å². The van der Waals surface area contributed by atoms with E-state index in [-0.39, 0.29) is 5.91 Å². The van der Waals surface area contributed by atoms with E-state index >= 15 is 0 Å². The molecule has 2 aliphatic heterocycles. The minimum absolute atomic E-state index is 0.118. The molecule has 5 rings (SSSR count). The molecule has 190 valence electrons. The van der Waals surface area contributed by atoms with Gasteiger partial charge in [0.2, 0.25) is 0 Å². The highest BCUT2D eigenvalue weighted by atomic mass is 35.5. The van der Waals surface area contributed by atoms with Crippen LogP contribution in [0.4, 0.5) is 11.5 Å². The van der Waals surface area contributed by atoms with Crippen molar-refractivity contribution in [2.24, 2.45) is 7.05 Å². The van der Waals surface area contributed by atoms with Gasteiger partial charge >= 0.3 is 0 Å². The predicted molar refractivity (Wildman–Crippen MR) is 146 cm³/mol. The van der Waals surface area contributed by atoms with E-state index in [2.05, 4.69) is 56.3 Å². The lowest BCUT2D eigenvalue weighted by Crippen LogP contribution is -2.49. The van der Waals surface area contributed by atoms with Crippen molar-refractivity contribution >= 4 is 29.0 Å². The van der Waals surface area contributed by atoms with Gasteiger partial charge in [0.05, 0.1) is 10.7 Å². The van der Waals surface area contributed by atoms with Crippen molar-refractivity contribution < 1.29 is 4.79 Å². The topological polar surface area (TPSA) is 47.9 Å². The quantitative estimate of drug-likeness (QED) is 0.524. The summed E-state index contributed by atoms with van der Waals surface area (Å²) in [5.74, 6) is 1.11. The summed E-state index contributed by atoms with van der Waals surface area (Å²) in [6.45, 7) is 11.9. The lowest BCUT2D eigenvalue weighted by molar-refractivity contribution is 0.0736. The summed E-state index contributed by atoms with van der Waals surface area (Å²) >= 11 is 6.40. The van der Waals surface area contributed by atoms with Gasteiger partial charge in [0.1, 0.15) is 11.5 Å². The van der Waals surface area contributed by atoms with Gasteiger partial charge in [-0.1, -0.05) is 23.7 Å². The summed E-state index contributed by atoms with van der Waals surface area (Å²) in [5, 5.41) is 0.809. The zero-order valence-electron chi connectivity index (χ0n) is 21.5. The summed E-state index contributed by atoms with van der Waals surface area (Å²) in [6.07, 6.45) is 1.85. The fourth-order valence-electron chi connectivity index (χ4n) is 5.22. The van der Waals surface area contributed by atoms with E-state index in [4.69, 9.17) is 11.6 Å². The van der Waals surface area contributed by atoms with E-state index in [0.29, 0.717) is 13.1 Å². The molecule has 0 atom stereocenters. The first kappa shape index (κ1) is 24.7. The molecule has 3 aromatic rings. The monoisotopic (exact) mass is 506 g/mol. The predicted octanol–water partition coefficient (Wildman–Crippen LogP) is 3.97. The SMILES string of the molecule is Cc1ccnc(N2CCN(C(=O)c3cc(CN4CCN(c5ccccc5Cl)CC4)c(C)n3C)CC2)c1. The Balaban J connectivity index is 1.19. The zero-order valence-corrected chi connectivity index (χ0v) is 22.2. The number of carbonyl (C=O) groups is 1. The second-order valence-electron chi connectivity index (χ2n) is 9.88. The molecule has 7 nitrogen and oxygen atoms in total. The first-order valence-electron chi connectivity index (χ1n) is 12.7. The largest absolute Gasteiger partial charge is 0.368 e. The van der Waals surface area contributed by atoms with Gasteiger partial charge in [-0.05, 0) is 55.3 Å². The number of piperazine rings is 2. The maximum absolute atomic E-state index is 13.4. The zero-order chi connectivity index (χ0) is 25.2. The van der Waals surface area contributed by atoms with Crippen LogP contribution in [0.2, 0.25) is 5.02 Å². The third-order valence-electron chi connectivity index (χ3n) is 7.61. The summed E-state index contributed by atoms with van der Waals surface area (Å²) in [5.41, 5.74) is 5.49. The fraction of sp³-hybridized carbons (Fsp3) is 0.429. The number of halogens is 1. The average Bonchev–Trinajstić information content (AvgIpc) is 3.18. The molecule has 0 spiro atoms. The highest BCUT2D eigenvalue weighted by Gasteiger charge is 2.27. The van der Waals surface area contributed by atoms with E-state index in [0.717, 1.165) is 73.7 Å². The van der Waals surface area contributed by atoms with Gasteiger partial charge in [-0.2, -0.15) is 0 Å². The van der Waals surface area contributed by atoms with Crippen LogP contribution in [0, 0.1) is 13.8 Å². The van der Waals surface area contributed by atoms with Gasteiger partial charge in [0.15, 0.2) is 0 Å². The first-order chi connectivity index (χ1) is 17.4. The molecular weight excluding hydrogens is 472 g/mol. The summed E-state index contributed by atoms with van der Waals surface area (Å²) in [7, 11) is 2.01. The molecule has 0 saturated carbocycles. The number of aromatic nitrogens is 2. The Morgan fingerprint density at radius 3 is 2.31 bits per heavy atom. The third-order valence-corrected chi connectivity index (χ3v) is 7.93. The number of hydrogen-bond donors (Lipinski definition) is 0. The van der Waals surface area contributed by atoms with Crippen molar-refractivity contribution in [1.82, 2.24) is 19.4 Å². The van der Waals surface area contributed by atoms with Crippen LogP contribution in [0.5, 0.6) is 0 Å². The number of carbonyl (C=O) groups excluding carboxylic acids is 1. The number of aryl methyl sites for hydroxylation is 1. The molecule has 2 aromatic heterocycles. The molecule has 1 amide bonds. The summed E-state index contributed by atoms with van der Waals surface area (Å²) < 4.78 is 2.06. The molecule has 0 N–H and O–H groups in total. The molecule has 0 bridgehead atoms. The normalized spacial score (nSPS) is 17.1. The second kappa shape index (κ2) is 10.5. The standard InChI is InChI=1S/C28H35ClN6O/c1-21-8-9-30-27(18-21)34-14-16-35(17-15-34)28(36)26-19-23(22(2)31(26)3)20-32-10-12-33(13-11-32)25-7-5-4-6-24(25)29/h4-9,18-19H,10-17,20H2,1-3H3. The number of anilines is 2. The molecule has 0 unspecified atom stereocenters. The summed E-state index contributed by atoms with van der Waals surface area (Å²) in [4.78, 5) is 27.0. The van der Waals surface area contributed by atoms with E-state index in [1.165, 1.54) is 11.1 Å². The van der Waals surface area contributed by atoms with E-state index in [1.807, 2.05) is 42.4 Å². The number of para-hydroxylation sites is 1. The van der Waals surface area contributed by atoms with Crippen LogP contribution < -0.4 is 9.80 Å². The highest BCUT2D eigenvalue weighted by Crippen LogP contribution is 2.27. The Hall–Kier alpha value is -3.03. The number of benzene rings is 1. The Labute approximate surface area is 218 Å². The average molecular weight is 507 g/mol. The lowest BCUT2D eigenvalue weighted by atomic mass is 10.2. The molecule has 1 aromatic carbocycles. The van der Waals surface area contributed by atoms with Gasteiger partial charge in [0, 0.05) is 77.8 Å². The molecule has 8 heteroatoms. The molecule has 4 heterocycles. The van der Waals surface area contributed by atoms with Crippen molar-refractivity contribution in [2.45, 2.75) is 20.4 Å². The highest BCUT2D eigenvalue weighted by molar-refractivity contribution is 6.33. The number of hydrogen-bond acceptors (Lipinski definition) is 5. The van der Waals surface area contributed by atoms with Gasteiger partial charge in [-0.25, -0.2) is 4.98 Å². The number of amides is 1. The van der Waals surface area contributed by atoms with Crippen molar-refractivity contribution in [2.75, 3.05) is 62.2 Å². The maximum atomic E-state index is 13.4. The van der Waals surface area contributed by atoms with Crippen LogP contribution in [-0.2, 0) is 13.6 Å². The first-order valence-corrected chi connectivity index (χ1v) is 13.1. The van der Waals surface area contributed by atoms with Gasteiger partial charge in [-0.15, -0.1) is 0 Å². The van der Waals surface area contributed by atoms with Crippen molar-refractivity contribution in [3.05, 3.63) is 76.2 Å². The molecular formula is C28H35ClN6O. The van der Waals surface area contributed by atoms with Gasteiger partial charge < -0.3 is 19.3 Å². The van der Waals surface area contributed by atoms with Crippen molar-refractivity contribution in [3.63, 3.8) is 0 Å². The maximum Gasteiger partial charge on any atom is 0.270 e. The molecule has 2 fully saturated rings. The third kappa shape index (κ3) is 5.08. The van der Waals surface area contributed by atoms with Crippen LogP contribution >= 0.6 is 11.6 Å². The van der Waals surface area contributed by atoms with Crippen LogP contribution in [0.15, 0.2) is 48.7 Å². The summed E-state index contributed by atoms with van der Waals surface area (Å²) in [6, 6.07) is 14.3. The molecule has 2 saturated heterocycles. The Morgan fingerprint density at radius 1 is 0.917 bits per heavy atom. The number of pyridine rings is 1. The van der Waals surface area contributed by atoms with Crippen LogP contribution in [0.3, 0.4) is 0 Å². The van der Waals surface area contributed by atoms with Crippen LogP contribution in [0.25, 0.3) is 0 Å².